The minimum Gasteiger partial charge on any atom is -0.504 e. The average Bonchev–Trinajstić information content (AvgIpc) is 3.21. The minimum absolute atomic E-state index is 0.00243. The predicted octanol–water partition coefficient (Wildman–Crippen LogP) is 3.45. The molecule has 1 saturated heterocycles. The van der Waals surface area contributed by atoms with Gasteiger partial charge in [0.2, 0.25) is 0 Å². The van der Waals surface area contributed by atoms with Crippen LogP contribution in [0.15, 0.2) is 30.3 Å². The first kappa shape index (κ1) is 16.6. The highest BCUT2D eigenvalue weighted by Gasteiger charge is 2.72. The smallest absolute Gasteiger partial charge is 0.166 e. The van der Waals surface area contributed by atoms with Crippen molar-refractivity contribution in [1.82, 2.24) is 9.88 Å². The summed E-state index contributed by atoms with van der Waals surface area (Å²) in [5.41, 5.74) is 3.79. The lowest BCUT2D eigenvalue weighted by Gasteiger charge is -2.62. The zero-order valence-electron chi connectivity index (χ0n) is 16.0. The van der Waals surface area contributed by atoms with Gasteiger partial charge in [-0.05, 0) is 61.8 Å². The molecule has 1 aromatic heterocycles. The second-order valence-electron chi connectivity index (χ2n) is 9.18. The summed E-state index contributed by atoms with van der Waals surface area (Å²) in [6.07, 6.45) is 1.75. The number of H-pyrrole nitrogens is 1. The van der Waals surface area contributed by atoms with Crippen molar-refractivity contribution >= 4 is 22.5 Å². The van der Waals surface area contributed by atoms with Gasteiger partial charge >= 0.3 is 0 Å². The van der Waals surface area contributed by atoms with Gasteiger partial charge in [-0.25, -0.2) is 0 Å². The van der Waals surface area contributed by atoms with Crippen molar-refractivity contribution in [2.75, 3.05) is 13.6 Å². The number of halogens is 1. The molecular weight excluding hydrogens is 388 g/mol. The number of ether oxygens (including phenoxy) is 1. The standard InChI is InChI=1S/C23H21ClN2O3/c1-26-7-6-22-18-11-2-5-16(27)20(18)29-21(22)19-14(10-23(22,28)17(26)8-11)13-9-12(24)3-4-15(13)25-19/h2-5,9,17,21,25,27-28H,6-8,10H2,1H3/t17-,21+,22+,23-/m1/s1. The monoisotopic (exact) mass is 408 g/mol. The van der Waals surface area contributed by atoms with Gasteiger partial charge in [-0.3, -0.25) is 0 Å². The van der Waals surface area contributed by atoms with Crippen molar-refractivity contribution in [2.24, 2.45) is 0 Å². The van der Waals surface area contributed by atoms with E-state index >= 15 is 0 Å². The van der Waals surface area contributed by atoms with Crippen molar-refractivity contribution in [2.45, 2.75) is 42.4 Å². The Morgan fingerprint density at radius 2 is 2.14 bits per heavy atom. The number of phenols is 1. The normalized spacial score (nSPS) is 34.0. The first-order valence-electron chi connectivity index (χ1n) is 10.2. The fourth-order valence-corrected chi connectivity index (χ4v) is 7.04. The number of hydrogen-bond donors (Lipinski definition) is 3. The summed E-state index contributed by atoms with van der Waals surface area (Å²) >= 11 is 6.31. The molecule has 148 valence electrons. The SMILES string of the molecule is CN1CC[C@]23c4c5ccc(O)c4O[C@H]2c2[nH]c4ccc(Cl)cc4c2C[C@@]3(O)[C@H]1C5. The number of aromatic amines is 1. The van der Waals surface area contributed by atoms with Gasteiger partial charge in [0, 0.05) is 34.0 Å². The van der Waals surface area contributed by atoms with E-state index in [1.165, 1.54) is 5.56 Å². The molecule has 2 aliphatic heterocycles. The highest BCUT2D eigenvalue weighted by atomic mass is 35.5. The van der Waals surface area contributed by atoms with Crippen LogP contribution in [0.4, 0.5) is 0 Å². The lowest BCUT2D eigenvalue weighted by Crippen LogP contribution is -2.73. The highest BCUT2D eigenvalue weighted by molar-refractivity contribution is 6.31. The molecule has 3 aromatic rings. The summed E-state index contributed by atoms with van der Waals surface area (Å²) in [5.74, 6) is 0.714. The Hall–Kier alpha value is -2.21. The Bertz CT molecular complexity index is 1240. The van der Waals surface area contributed by atoms with Gasteiger partial charge in [0.15, 0.2) is 17.6 Å². The zero-order valence-corrected chi connectivity index (χ0v) is 16.8. The Morgan fingerprint density at radius 3 is 3.00 bits per heavy atom. The molecule has 3 heterocycles. The number of nitrogens with zero attached hydrogens (tertiary/aromatic N) is 1. The maximum absolute atomic E-state index is 12.4. The molecule has 2 aliphatic carbocycles. The van der Waals surface area contributed by atoms with Gasteiger partial charge in [0.25, 0.3) is 0 Å². The molecule has 0 unspecified atom stereocenters. The van der Waals surface area contributed by atoms with E-state index in [4.69, 9.17) is 16.3 Å². The van der Waals surface area contributed by atoms with Crippen LogP contribution < -0.4 is 4.74 Å². The maximum atomic E-state index is 12.4. The van der Waals surface area contributed by atoms with Gasteiger partial charge in [0.05, 0.1) is 16.7 Å². The van der Waals surface area contributed by atoms with E-state index in [0.29, 0.717) is 17.2 Å². The number of phenolic OH excluding ortho intramolecular Hbond substituents is 1. The van der Waals surface area contributed by atoms with Gasteiger partial charge in [-0.15, -0.1) is 0 Å². The van der Waals surface area contributed by atoms with Crippen molar-refractivity contribution < 1.29 is 14.9 Å². The molecule has 7 rings (SSSR count). The molecule has 29 heavy (non-hydrogen) atoms. The number of piperidine rings is 1. The quantitative estimate of drug-likeness (QED) is 0.533. The van der Waals surface area contributed by atoms with Crippen LogP contribution in [-0.4, -0.2) is 45.3 Å². The summed E-state index contributed by atoms with van der Waals surface area (Å²) in [7, 11) is 2.11. The maximum Gasteiger partial charge on any atom is 0.166 e. The van der Waals surface area contributed by atoms with Crippen LogP contribution in [-0.2, 0) is 18.3 Å². The molecule has 6 heteroatoms. The average molecular weight is 409 g/mol. The van der Waals surface area contributed by atoms with Crippen LogP contribution in [0.25, 0.3) is 10.9 Å². The number of rotatable bonds is 0. The largest absolute Gasteiger partial charge is 0.504 e. The molecule has 3 N–H and O–H groups in total. The molecule has 4 atom stereocenters. The van der Waals surface area contributed by atoms with Gasteiger partial charge in [0.1, 0.15) is 0 Å². The first-order chi connectivity index (χ1) is 13.9. The Balaban J connectivity index is 1.60. The fourth-order valence-electron chi connectivity index (χ4n) is 6.87. The highest BCUT2D eigenvalue weighted by Crippen LogP contribution is 2.68. The molecule has 4 aliphatic rings. The lowest BCUT2D eigenvalue weighted by molar-refractivity contribution is -0.167. The predicted molar refractivity (Wildman–Crippen MR) is 110 cm³/mol. The number of aromatic hydroxyl groups is 1. The lowest BCUT2D eigenvalue weighted by atomic mass is 9.49. The van der Waals surface area contributed by atoms with Gasteiger partial charge in [-0.1, -0.05) is 17.7 Å². The topological polar surface area (TPSA) is 68.7 Å². The molecule has 2 bridgehead atoms. The molecular formula is C23H21ClN2O3. The number of fused-ring (bicyclic) bond motifs is 4. The van der Waals surface area contributed by atoms with Crippen LogP contribution in [0.5, 0.6) is 11.5 Å². The third kappa shape index (κ3) is 1.66. The van der Waals surface area contributed by atoms with E-state index in [0.717, 1.165) is 47.1 Å². The van der Waals surface area contributed by atoms with Crippen LogP contribution in [0.1, 0.15) is 34.9 Å². The number of aromatic nitrogens is 1. The fraction of sp³-hybridized carbons (Fsp3) is 0.391. The molecule has 1 fully saturated rings. The van der Waals surface area contributed by atoms with E-state index in [2.05, 4.69) is 16.9 Å². The van der Waals surface area contributed by atoms with Crippen LogP contribution >= 0.6 is 11.6 Å². The third-order valence-electron chi connectivity index (χ3n) is 8.09. The summed E-state index contributed by atoms with van der Waals surface area (Å²) in [6, 6.07) is 9.59. The summed E-state index contributed by atoms with van der Waals surface area (Å²) in [6.45, 7) is 0.892. The van der Waals surface area contributed by atoms with Crippen LogP contribution in [0.2, 0.25) is 5.02 Å². The Labute approximate surface area is 172 Å². The van der Waals surface area contributed by atoms with Gasteiger partial charge < -0.3 is 24.8 Å². The van der Waals surface area contributed by atoms with E-state index < -0.39 is 11.0 Å². The molecule has 0 radical (unpaired) electrons. The molecule has 5 nitrogen and oxygen atoms in total. The van der Waals surface area contributed by atoms with E-state index in [1.54, 1.807) is 6.07 Å². The Morgan fingerprint density at radius 1 is 1.28 bits per heavy atom. The number of aliphatic hydroxyl groups is 1. The molecule has 2 aromatic carbocycles. The second kappa shape index (κ2) is 4.91. The number of hydrogen-bond acceptors (Lipinski definition) is 4. The molecule has 1 spiro atoms. The Kier molecular flexibility index (Phi) is 2.81. The van der Waals surface area contributed by atoms with E-state index in [9.17, 15) is 10.2 Å². The van der Waals surface area contributed by atoms with Crippen molar-refractivity contribution in [3.05, 3.63) is 57.7 Å². The first-order valence-corrected chi connectivity index (χ1v) is 10.6. The van der Waals surface area contributed by atoms with Crippen LogP contribution in [0.3, 0.4) is 0 Å². The zero-order chi connectivity index (χ0) is 19.7. The summed E-state index contributed by atoms with van der Waals surface area (Å²) in [5, 5.41) is 24.8. The summed E-state index contributed by atoms with van der Waals surface area (Å²) < 4.78 is 6.50. The number of likely N-dealkylation sites (tertiary alicyclic amines) is 1. The van der Waals surface area contributed by atoms with Crippen molar-refractivity contribution in [3.8, 4) is 11.5 Å². The number of likely N-dealkylation sites (N-methyl/N-ethyl adjacent to an activating group) is 1. The van der Waals surface area contributed by atoms with E-state index in [1.807, 2.05) is 24.3 Å². The minimum atomic E-state index is -0.971. The number of benzene rings is 2. The number of nitrogens with one attached hydrogen (secondary N) is 1. The second-order valence-corrected chi connectivity index (χ2v) is 9.61. The third-order valence-corrected chi connectivity index (χ3v) is 8.33. The van der Waals surface area contributed by atoms with Crippen LogP contribution in [0, 0.1) is 0 Å². The van der Waals surface area contributed by atoms with Crippen molar-refractivity contribution in [1.29, 1.82) is 0 Å². The van der Waals surface area contributed by atoms with Gasteiger partial charge in [-0.2, -0.15) is 0 Å². The van der Waals surface area contributed by atoms with E-state index in [-0.39, 0.29) is 17.9 Å². The molecule has 0 amide bonds. The summed E-state index contributed by atoms with van der Waals surface area (Å²) in [4.78, 5) is 5.86. The van der Waals surface area contributed by atoms with Crippen molar-refractivity contribution in [3.63, 3.8) is 0 Å². The molecule has 0 saturated carbocycles.